The van der Waals surface area contributed by atoms with Crippen molar-refractivity contribution in [3.8, 4) is 0 Å². The summed E-state index contributed by atoms with van der Waals surface area (Å²) in [4.78, 5) is 26.8. The lowest BCUT2D eigenvalue weighted by Crippen LogP contribution is -2.69. The summed E-state index contributed by atoms with van der Waals surface area (Å²) in [5.74, 6) is 0.580. The van der Waals surface area contributed by atoms with Gasteiger partial charge in [0, 0.05) is 5.92 Å². The maximum atomic E-state index is 14.7. The van der Waals surface area contributed by atoms with Crippen LogP contribution in [0.4, 0.5) is 0 Å². The molecule has 2 heterocycles. The molecule has 1 aromatic heterocycles. The van der Waals surface area contributed by atoms with Gasteiger partial charge in [0.25, 0.3) is 0 Å². The van der Waals surface area contributed by atoms with Crippen molar-refractivity contribution < 1.29 is 39.1 Å². The number of hydrogen-bond donors (Lipinski definition) is 4. The van der Waals surface area contributed by atoms with Crippen LogP contribution in [0.2, 0.25) is 0 Å². The molecular weight excluding hydrogens is 676 g/mol. The molecule has 1 aromatic rings. The van der Waals surface area contributed by atoms with E-state index >= 15 is 0 Å². The lowest BCUT2D eigenvalue weighted by atomic mass is 9.33. The van der Waals surface area contributed by atoms with Gasteiger partial charge in [-0.25, -0.2) is 9.48 Å². The number of aromatic nitrogens is 3. The second kappa shape index (κ2) is 13.1. The molecule has 0 radical (unpaired) electrons. The zero-order valence-electron chi connectivity index (χ0n) is 33.1. The normalized spacial score (nSPS) is 43.7. The Balaban J connectivity index is 1.13. The van der Waals surface area contributed by atoms with Crippen LogP contribution in [0.15, 0.2) is 29.4 Å². The third-order valence-electron chi connectivity index (χ3n) is 16.5. The van der Waals surface area contributed by atoms with Crippen LogP contribution >= 0.6 is 0 Å². The van der Waals surface area contributed by atoms with Crippen LogP contribution in [-0.2, 0) is 36.9 Å². The SMILES string of the molecule is COC1=C(OC)[C@@H]([C@@H](O)Cn2cc(CNC(=O)[C@]34CC[C@@H](C)[C@H](C)[C@H]3C3=CC[C@@H]5[C@@]6(C)CC[C@H](O)C(C)(C)[C@@H]6CC[C@@]5(C)[C@]3(C)C[C@H]4O)nn2)OC1=O. The van der Waals surface area contributed by atoms with Gasteiger partial charge in [0.15, 0.2) is 11.9 Å². The lowest BCUT2D eigenvalue weighted by molar-refractivity contribution is -0.216. The van der Waals surface area contributed by atoms with E-state index in [2.05, 4.69) is 70.2 Å². The van der Waals surface area contributed by atoms with Gasteiger partial charge >= 0.3 is 5.97 Å². The van der Waals surface area contributed by atoms with Crippen LogP contribution in [0, 0.1) is 56.7 Å². The molecule has 0 aromatic carbocycles. The van der Waals surface area contributed by atoms with Gasteiger partial charge in [0.2, 0.25) is 11.7 Å². The van der Waals surface area contributed by atoms with Gasteiger partial charge < -0.3 is 34.8 Å². The molecule has 4 N–H and O–H groups in total. The molecule has 0 unspecified atom stereocenters. The van der Waals surface area contributed by atoms with Crippen LogP contribution in [-0.4, -0.2) is 80.8 Å². The smallest absolute Gasteiger partial charge is 0.378 e. The fourth-order valence-electron chi connectivity index (χ4n) is 13.2. The topological polar surface area (TPSA) is 165 Å². The van der Waals surface area contributed by atoms with Gasteiger partial charge in [0.05, 0.1) is 51.1 Å². The van der Waals surface area contributed by atoms with Gasteiger partial charge in [-0.05, 0) is 96.7 Å². The number of allylic oxidation sites excluding steroid dienone is 2. The number of methoxy groups -OCH3 is 2. The van der Waals surface area contributed by atoms with Gasteiger partial charge in [-0.3, -0.25) is 4.79 Å². The van der Waals surface area contributed by atoms with E-state index in [9.17, 15) is 24.9 Å². The van der Waals surface area contributed by atoms with Crippen LogP contribution in [0.25, 0.3) is 0 Å². The predicted octanol–water partition coefficient (Wildman–Crippen LogP) is 4.67. The monoisotopic (exact) mass is 738 g/mol. The maximum Gasteiger partial charge on any atom is 0.378 e. The zero-order chi connectivity index (χ0) is 38.5. The van der Waals surface area contributed by atoms with Gasteiger partial charge in [0.1, 0.15) is 11.8 Å². The third kappa shape index (κ3) is 5.38. The number of amides is 1. The van der Waals surface area contributed by atoms with Crippen molar-refractivity contribution in [2.45, 2.75) is 137 Å². The first-order valence-corrected chi connectivity index (χ1v) is 19.9. The third-order valence-corrected chi connectivity index (χ3v) is 16.5. The summed E-state index contributed by atoms with van der Waals surface area (Å²) >= 11 is 0. The predicted molar refractivity (Wildman–Crippen MR) is 195 cm³/mol. The fraction of sp³-hybridized carbons (Fsp3) is 0.805. The first-order valence-electron chi connectivity index (χ1n) is 19.9. The van der Waals surface area contributed by atoms with Gasteiger partial charge in [-0.2, -0.15) is 0 Å². The Morgan fingerprint density at radius 2 is 1.77 bits per heavy atom. The first kappa shape index (κ1) is 38.3. The molecule has 1 aliphatic heterocycles. The number of rotatable bonds is 8. The van der Waals surface area contributed by atoms with Crippen molar-refractivity contribution in [1.29, 1.82) is 0 Å². The minimum atomic E-state index is -1.18. The zero-order valence-corrected chi connectivity index (χ0v) is 33.1. The molecule has 7 rings (SSSR count). The Bertz CT molecular complexity index is 1690. The highest BCUT2D eigenvalue weighted by molar-refractivity contribution is 5.89. The van der Waals surface area contributed by atoms with E-state index in [1.807, 2.05) is 0 Å². The number of fused-ring (bicyclic) bond motifs is 7. The number of nitrogens with zero attached hydrogens (tertiary/aromatic N) is 3. The highest BCUT2D eigenvalue weighted by Crippen LogP contribution is 2.75. The molecule has 53 heavy (non-hydrogen) atoms. The number of carbonyl (C=O) groups excluding carboxylic acids is 2. The Morgan fingerprint density at radius 1 is 1.04 bits per heavy atom. The molecule has 5 aliphatic carbocycles. The number of cyclic esters (lactones) is 1. The number of carbonyl (C=O) groups is 2. The molecule has 12 heteroatoms. The Kier molecular flexibility index (Phi) is 9.45. The van der Waals surface area contributed by atoms with Crippen molar-refractivity contribution in [3.05, 3.63) is 35.1 Å². The number of nitrogens with one attached hydrogen (secondary N) is 1. The minimum Gasteiger partial charge on any atom is -0.493 e. The van der Waals surface area contributed by atoms with E-state index < -0.39 is 29.7 Å². The standard InChI is InChI=1S/C41H62N4O8/c1-22-12-17-41(36(50)42-19-24-20-45(44-43-24)21-26(46)32-33(51-8)34(52-9)35(49)53-32)30(48)18-40(7)25(31(41)23(22)2)10-11-28-38(5)15-14-29(47)37(3,4)27(38)13-16-39(28,40)6/h10,20,22-23,26-32,46-48H,11-19,21H2,1-9H3,(H,42,50)/t22-,23+,26+,27+,28-,29+,30-,31+,32-,38+,39-,40-,41+/m1/s1. The minimum absolute atomic E-state index is 0.0345. The van der Waals surface area contributed by atoms with Crippen molar-refractivity contribution in [1.82, 2.24) is 20.3 Å². The number of esters is 1. The van der Waals surface area contributed by atoms with Crippen molar-refractivity contribution in [3.63, 3.8) is 0 Å². The molecule has 294 valence electrons. The average molecular weight is 739 g/mol. The molecular formula is C41H62N4O8. The lowest BCUT2D eigenvalue weighted by Gasteiger charge is -2.72. The van der Waals surface area contributed by atoms with E-state index in [0.717, 1.165) is 38.5 Å². The summed E-state index contributed by atoms with van der Waals surface area (Å²) < 4.78 is 17.1. The summed E-state index contributed by atoms with van der Waals surface area (Å²) in [7, 11) is 2.71. The molecule has 1 amide bonds. The van der Waals surface area contributed by atoms with Crippen LogP contribution in [0.5, 0.6) is 0 Å². The highest BCUT2D eigenvalue weighted by Gasteiger charge is 2.71. The van der Waals surface area contributed by atoms with Crippen molar-refractivity contribution in [2.75, 3.05) is 14.2 Å². The maximum absolute atomic E-state index is 14.7. The van der Waals surface area contributed by atoms with Crippen molar-refractivity contribution >= 4 is 11.9 Å². The Hall–Kier alpha value is -2.96. The molecule has 0 bridgehead atoms. The van der Waals surface area contributed by atoms with Gasteiger partial charge in [-0.1, -0.05) is 65.3 Å². The van der Waals surface area contributed by atoms with Gasteiger partial charge in [-0.15, -0.1) is 5.10 Å². The summed E-state index contributed by atoms with van der Waals surface area (Å²) in [5, 5.41) is 46.1. The summed E-state index contributed by atoms with van der Waals surface area (Å²) in [6, 6.07) is 0. The molecule has 6 aliphatic rings. The van der Waals surface area contributed by atoms with E-state index in [1.165, 1.54) is 24.5 Å². The summed E-state index contributed by atoms with van der Waals surface area (Å²) in [6.07, 6.45) is 7.80. The average Bonchev–Trinajstić information content (AvgIpc) is 3.70. The van der Waals surface area contributed by atoms with Crippen LogP contribution < -0.4 is 5.32 Å². The first-order chi connectivity index (χ1) is 24.9. The number of aliphatic hydroxyl groups is 3. The summed E-state index contributed by atoms with van der Waals surface area (Å²) in [5.41, 5.74) is 0.569. The van der Waals surface area contributed by atoms with E-state index in [4.69, 9.17) is 14.2 Å². The number of aliphatic hydroxyl groups excluding tert-OH is 3. The molecule has 0 spiro atoms. The number of ether oxygens (including phenoxy) is 3. The van der Waals surface area contributed by atoms with Crippen molar-refractivity contribution in [2.24, 2.45) is 56.7 Å². The fourth-order valence-corrected chi connectivity index (χ4v) is 13.2. The number of hydrogen-bond acceptors (Lipinski definition) is 10. The van der Waals surface area contributed by atoms with E-state index in [0.29, 0.717) is 36.3 Å². The Morgan fingerprint density at radius 3 is 2.47 bits per heavy atom. The highest BCUT2D eigenvalue weighted by atomic mass is 16.6. The van der Waals surface area contributed by atoms with Crippen LogP contribution in [0.3, 0.4) is 0 Å². The second-order valence-electron chi connectivity index (χ2n) is 18.9. The molecule has 13 atom stereocenters. The Labute approximate surface area is 314 Å². The molecule has 12 nitrogen and oxygen atoms in total. The quantitative estimate of drug-likeness (QED) is 0.218. The largest absolute Gasteiger partial charge is 0.493 e. The summed E-state index contributed by atoms with van der Waals surface area (Å²) in [6.45, 7) is 16.6. The van der Waals surface area contributed by atoms with E-state index in [-0.39, 0.29) is 70.1 Å². The van der Waals surface area contributed by atoms with Crippen LogP contribution in [0.1, 0.15) is 106 Å². The molecule has 4 fully saturated rings. The molecule has 4 saturated carbocycles. The van der Waals surface area contributed by atoms with E-state index in [1.54, 1.807) is 6.20 Å². The molecule has 0 saturated heterocycles. The second-order valence-corrected chi connectivity index (χ2v) is 18.9.